The lowest BCUT2D eigenvalue weighted by atomic mass is 10.1. The second-order valence-corrected chi connectivity index (χ2v) is 6.18. The fourth-order valence-electron chi connectivity index (χ4n) is 3.06. The van der Waals surface area contributed by atoms with Gasteiger partial charge in [0.2, 0.25) is 0 Å². The number of alkyl halides is 3. The molecule has 0 aliphatic heterocycles. The number of imidazole rings is 1. The van der Waals surface area contributed by atoms with Crippen LogP contribution in [-0.4, -0.2) is 19.1 Å². The highest BCUT2D eigenvalue weighted by atomic mass is 19.4. The number of fused-ring (bicyclic) bond motifs is 2. The molecule has 0 aliphatic rings. The summed E-state index contributed by atoms with van der Waals surface area (Å²) in [7, 11) is 3.32. The second kappa shape index (κ2) is 5.83. The van der Waals surface area contributed by atoms with E-state index in [0.717, 1.165) is 12.1 Å². The number of halogens is 3. The van der Waals surface area contributed by atoms with Gasteiger partial charge < -0.3 is 5.32 Å². The van der Waals surface area contributed by atoms with Crippen LogP contribution in [0.2, 0.25) is 0 Å². The molecule has 0 saturated carbocycles. The minimum absolute atomic E-state index is 0.180. The molecule has 0 amide bonds. The largest absolute Gasteiger partial charge is 0.416 e. The summed E-state index contributed by atoms with van der Waals surface area (Å²) in [6.45, 7) is 0. The third-order valence-electron chi connectivity index (χ3n) is 4.48. The molecule has 0 spiro atoms. The molecule has 6 nitrogen and oxygen atoms in total. The quantitative estimate of drug-likeness (QED) is 0.583. The van der Waals surface area contributed by atoms with Gasteiger partial charge in [0.1, 0.15) is 12.1 Å². The van der Waals surface area contributed by atoms with Gasteiger partial charge in [-0.15, -0.1) is 0 Å². The van der Waals surface area contributed by atoms with Gasteiger partial charge in [0, 0.05) is 25.2 Å². The van der Waals surface area contributed by atoms with E-state index in [2.05, 4.69) is 15.3 Å². The molecule has 0 fully saturated rings. The zero-order valence-electron chi connectivity index (χ0n) is 14.4. The Hall–Kier alpha value is -3.36. The van der Waals surface area contributed by atoms with Crippen molar-refractivity contribution in [3.05, 3.63) is 58.8 Å². The zero-order valence-corrected chi connectivity index (χ0v) is 14.4. The van der Waals surface area contributed by atoms with Gasteiger partial charge in [-0.3, -0.25) is 9.13 Å². The van der Waals surface area contributed by atoms with E-state index in [1.54, 1.807) is 26.2 Å². The normalized spacial score (nSPS) is 12.0. The van der Waals surface area contributed by atoms with Crippen molar-refractivity contribution < 1.29 is 13.2 Å². The average Bonchev–Trinajstić information content (AvgIpc) is 2.84. The number of anilines is 2. The summed E-state index contributed by atoms with van der Waals surface area (Å²) < 4.78 is 41.8. The minimum Gasteiger partial charge on any atom is -0.340 e. The summed E-state index contributed by atoms with van der Waals surface area (Å²) in [6, 6.07) is 8.39. The first-order valence-corrected chi connectivity index (χ1v) is 8.00. The van der Waals surface area contributed by atoms with Gasteiger partial charge >= 0.3 is 11.9 Å². The van der Waals surface area contributed by atoms with E-state index >= 15 is 0 Å². The van der Waals surface area contributed by atoms with Gasteiger partial charge in [0.05, 0.1) is 22.1 Å². The molecule has 4 aromatic rings. The summed E-state index contributed by atoms with van der Waals surface area (Å²) in [5.41, 5.74) is 1.29. The fraction of sp³-hybridized carbons (Fsp3) is 0.167. The van der Waals surface area contributed by atoms with E-state index < -0.39 is 11.7 Å². The molecule has 0 aliphatic carbocycles. The lowest BCUT2D eigenvalue weighted by Crippen LogP contribution is -2.19. The molecular formula is C18H14F3N5O. The van der Waals surface area contributed by atoms with Crippen molar-refractivity contribution >= 4 is 33.4 Å². The summed E-state index contributed by atoms with van der Waals surface area (Å²) in [6.07, 6.45) is -3.11. The van der Waals surface area contributed by atoms with Crippen LogP contribution in [0.3, 0.4) is 0 Å². The van der Waals surface area contributed by atoms with Crippen molar-refractivity contribution in [2.24, 2.45) is 14.1 Å². The van der Waals surface area contributed by atoms with Crippen molar-refractivity contribution in [1.82, 2.24) is 19.1 Å². The van der Waals surface area contributed by atoms with Crippen molar-refractivity contribution in [1.29, 1.82) is 0 Å². The number of nitrogens with one attached hydrogen (secondary N) is 1. The van der Waals surface area contributed by atoms with Gasteiger partial charge in [-0.25, -0.2) is 14.8 Å². The Bertz CT molecular complexity index is 1240. The topological polar surface area (TPSA) is 64.7 Å². The molecule has 138 valence electrons. The van der Waals surface area contributed by atoms with Gasteiger partial charge in [-0.1, -0.05) is 6.07 Å². The SMILES string of the molecule is Cn1c(=O)n(C)c2cc3c(Nc4cccc(C(F)(F)F)c4)ncnc3cc21. The van der Waals surface area contributed by atoms with Crippen LogP contribution >= 0.6 is 0 Å². The third-order valence-corrected chi connectivity index (χ3v) is 4.48. The Balaban J connectivity index is 1.86. The number of aromatic nitrogens is 4. The molecule has 2 aromatic heterocycles. The molecule has 0 atom stereocenters. The zero-order chi connectivity index (χ0) is 19.3. The predicted molar refractivity (Wildman–Crippen MR) is 96.0 cm³/mol. The van der Waals surface area contributed by atoms with E-state index in [9.17, 15) is 18.0 Å². The molecule has 2 aromatic carbocycles. The van der Waals surface area contributed by atoms with Gasteiger partial charge in [0.25, 0.3) is 0 Å². The van der Waals surface area contributed by atoms with Crippen LogP contribution < -0.4 is 11.0 Å². The molecule has 4 rings (SSSR count). The monoisotopic (exact) mass is 373 g/mol. The number of rotatable bonds is 2. The molecule has 1 N–H and O–H groups in total. The maximum absolute atomic E-state index is 12.9. The highest BCUT2D eigenvalue weighted by Crippen LogP contribution is 2.32. The number of benzene rings is 2. The molecule has 0 saturated heterocycles. The van der Waals surface area contributed by atoms with Crippen LogP contribution in [0.1, 0.15) is 5.56 Å². The number of hydrogen-bond donors (Lipinski definition) is 1. The Labute approximate surface area is 150 Å². The van der Waals surface area contributed by atoms with Crippen LogP contribution in [0, 0.1) is 0 Å². The minimum atomic E-state index is -4.43. The van der Waals surface area contributed by atoms with E-state index in [-0.39, 0.29) is 11.4 Å². The molecule has 0 bridgehead atoms. The maximum atomic E-state index is 12.9. The van der Waals surface area contributed by atoms with Crippen LogP contribution in [-0.2, 0) is 20.3 Å². The Morgan fingerprint density at radius 1 is 1.00 bits per heavy atom. The predicted octanol–water partition coefficient (Wildman–Crippen LogP) is 3.58. The molecule has 27 heavy (non-hydrogen) atoms. The lowest BCUT2D eigenvalue weighted by Gasteiger charge is -2.11. The fourth-order valence-corrected chi connectivity index (χ4v) is 3.06. The average molecular weight is 373 g/mol. The second-order valence-electron chi connectivity index (χ2n) is 6.18. The van der Waals surface area contributed by atoms with Crippen molar-refractivity contribution in [2.75, 3.05) is 5.32 Å². The molecule has 0 radical (unpaired) electrons. The first-order valence-electron chi connectivity index (χ1n) is 8.00. The number of hydrogen-bond acceptors (Lipinski definition) is 4. The number of nitrogens with zero attached hydrogens (tertiary/aromatic N) is 4. The Morgan fingerprint density at radius 3 is 2.41 bits per heavy atom. The van der Waals surface area contributed by atoms with E-state index in [0.29, 0.717) is 27.8 Å². The van der Waals surface area contributed by atoms with Gasteiger partial charge in [0.15, 0.2) is 0 Å². The molecule has 0 unspecified atom stereocenters. The molecular weight excluding hydrogens is 359 g/mol. The highest BCUT2D eigenvalue weighted by molar-refractivity contribution is 5.99. The molecule has 9 heteroatoms. The van der Waals surface area contributed by atoms with Crippen molar-refractivity contribution in [3.8, 4) is 0 Å². The maximum Gasteiger partial charge on any atom is 0.416 e. The van der Waals surface area contributed by atoms with Crippen LogP contribution in [0.5, 0.6) is 0 Å². The summed E-state index contributed by atoms with van der Waals surface area (Å²) in [5, 5.41) is 3.52. The lowest BCUT2D eigenvalue weighted by molar-refractivity contribution is -0.137. The van der Waals surface area contributed by atoms with Crippen LogP contribution in [0.15, 0.2) is 47.5 Å². The summed E-state index contributed by atoms with van der Waals surface area (Å²) >= 11 is 0. The van der Waals surface area contributed by atoms with Crippen molar-refractivity contribution in [3.63, 3.8) is 0 Å². The van der Waals surface area contributed by atoms with Crippen molar-refractivity contribution in [2.45, 2.75) is 6.18 Å². The number of aryl methyl sites for hydroxylation is 2. The van der Waals surface area contributed by atoms with E-state index in [4.69, 9.17) is 0 Å². The van der Waals surface area contributed by atoms with E-state index in [1.807, 2.05) is 0 Å². The third kappa shape index (κ3) is 2.80. The smallest absolute Gasteiger partial charge is 0.340 e. The standard InChI is InChI=1S/C18H14F3N5O/c1-25-14-7-12-13(8-15(14)26(2)17(25)27)22-9-23-16(12)24-11-5-3-4-10(6-11)18(19,20)21/h3-9H,1-2H3,(H,22,23,24). The van der Waals surface area contributed by atoms with Gasteiger partial charge in [-0.2, -0.15) is 13.2 Å². The Morgan fingerprint density at radius 2 is 1.70 bits per heavy atom. The first-order chi connectivity index (χ1) is 12.8. The van der Waals surface area contributed by atoms with Gasteiger partial charge in [-0.05, 0) is 30.3 Å². The summed E-state index contributed by atoms with van der Waals surface area (Å²) in [5.74, 6) is 0.359. The molecule has 2 heterocycles. The summed E-state index contributed by atoms with van der Waals surface area (Å²) in [4.78, 5) is 20.5. The first kappa shape index (κ1) is 17.1. The van der Waals surface area contributed by atoms with Crippen LogP contribution in [0.4, 0.5) is 24.7 Å². The van der Waals surface area contributed by atoms with E-state index in [1.165, 1.54) is 27.6 Å². The van der Waals surface area contributed by atoms with Crippen LogP contribution in [0.25, 0.3) is 21.9 Å². The Kier molecular flexibility index (Phi) is 3.69. The highest BCUT2D eigenvalue weighted by Gasteiger charge is 2.30.